The zero-order valence-corrected chi connectivity index (χ0v) is 13.8. The molecule has 2 aromatic carbocycles. The van der Waals surface area contributed by atoms with E-state index in [1.807, 2.05) is 6.07 Å². The predicted molar refractivity (Wildman–Crippen MR) is 87.1 cm³/mol. The van der Waals surface area contributed by atoms with Gasteiger partial charge in [-0.1, -0.05) is 17.8 Å². The van der Waals surface area contributed by atoms with Gasteiger partial charge in [0.15, 0.2) is 0 Å². The third-order valence-corrected chi connectivity index (χ3v) is 5.72. The van der Waals surface area contributed by atoms with Crippen LogP contribution in [-0.4, -0.2) is 15.5 Å². The monoisotopic (exact) mass is 322 g/mol. The molecule has 0 fully saturated rings. The Morgan fingerprint density at radius 2 is 1.62 bits per heavy atom. The number of hydrogen-bond acceptors (Lipinski definition) is 4. The van der Waals surface area contributed by atoms with E-state index in [9.17, 15) is 8.42 Å². The van der Waals surface area contributed by atoms with Gasteiger partial charge >= 0.3 is 0 Å². The van der Waals surface area contributed by atoms with Crippen LogP contribution in [0, 0.1) is 13.8 Å². The zero-order valence-electron chi connectivity index (χ0n) is 12.2. The Balaban J connectivity index is 2.30. The zero-order chi connectivity index (χ0) is 15.6. The molecule has 0 spiro atoms. The molecule has 2 aromatic rings. The Kier molecular flexibility index (Phi) is 4.61. The molecule has 2 rings (SSSR count). The minimum absolute atomic E-state index is 0.106. The van der Waals surface area contributed by atoms with Crippen molar-refractivity contribution in [1.29, 1.82) is 0 Å². The summed E-state index contributed by atoms with van der Waals surface area (Å²) in [4.78, 5) is 2.11. The van der Waals surface area contributed by atoms with E-state index in [1.54, 1.807) is 23.9 Å². The molecular formula is C15H18N2O2S2. The second-order valence-electron chi connectivity index (χ2n) is 4.76. The van der Waals surface area contributed by atoms with E-state index in [1.165, 1.54) is 24.2 Å². The van der Waals surface area contributed by atoms with E-state index in [2.05, 4.69) is 30.7 Å². The maximum Gasteiger partial charge on any atom is 0.242 e. The van der Waals surface area contributed by atoms with Crippen LogP contribution in [0.2, 0.25) is 0 Å². The molecule has 21 heavy (non-hydrogen) atoms. The number of nitrogens with two attached hydrogens (primary N) is 1. The molecule has 0 bridgehead atoms. The first-order valence-corrected chi connectivity index (χ1v) is 8.71. The number of sulfonamides is 1. The Bertz CT molecular complexity index is 771. The summed E-state index contributed by atoms with van der Waals surface area (Å²) < 4.78 is 25.8. The van der Waals surface area contributed by atoms with Gasteiger partial charge in [-0.25, -0.2) is 13.1 Å². The lowest BCUT2D eigenvalue weighted by atomic mass is 10.1. The van der Waals surface area contributed by atoms with Crippen molar-refractivity contribution in [3.63, 3.8) is 0 Å². The van der Waals surface area contributed by atoms with Crippen molar-refractivity contribution in [3.05, 3.63) is 47.5 Å². The van der Waals surface area contributed by atoms with Gasteiger partial charge in [-0.15, -0.1) is 0 Å². The van der Waals surface area contributed by atoms with Crippen LogP contribution >= 0.6 is 11.8 Å². The van der Waals surface area contributed by atoms with Crippen LogP contribution < -0.4 is 10.5 Å². The molecule has 0 aliphatic carbocycles. The number of rotatable bonds is 4. The highest BCUT2D eigenvalue weighted by Crippen LogP contribution is 2.32. The summed E-state index contributed by atoms with van der Waals surface area (Å²) >= 11 is 1.56. The van der Waals surface area contributed by atoms with Crippen LogP contribution in [0.5, 0.6) is 0 Å². The lowest BCUT2D eigenvalue weighted by molar-refractivity contribution is 0.588. The molecule has 3 N–H and O–H groups in total. The van der Waals surface area contributed by atoms with E-state index in [-0.39, 0.29) is 10.6 Å². The number of benzene rings is 2. The van der Waals surface area contributed by atoms with Crippen LogP contribution in [-0.2, 0) is 10.0 Å². The SMILES string of the molecule is CNS(=O)(=O)c1ccc(Sc2ccc(C)c(C)c2)cc1N. The fraction of sp³-hybridized carbons (Fsp3) is 0.200. The molecule has 0 saturated heterocycles. The second kappa shape index (κ2) is 6.09. The summed E-state index contributed by atoms with van der Waals surface area (Å²) in [5.41, 5.74) is 8.58. The van der Waals surface area contributed by atoms with Crippen molar-refractivity contribution in [2.75, 3.05) is 12.8 Å². The van der Waals surface area contributed by atoms with Crippen molar-refractivity contribution < 1.29 is 8.42 Å². The molecule has 0 aromatic heterocycles. The Morgan fingerprint density at radius 1 is 1.00 bits per heavy atom. The van der Waals surface area contributed by atoms with E-state index in [4.69, 9.17) is 5.73 Å². The highest BCUT2D eigenvalue weighted by molar-refractivity contribution is 7.99. The van der Waals surface area contributed by atoms with Crippen LogP contribution in [0.25, 0.3) is 0 Å². The molecule has 0 unspecified atom stereocenters. The molecule has 0 saturated carbocycles. The first kappa shape index (κ1) is 15.9. The van der Waals surface area contributed by atoms with Crippen molar-refractivity contribution in [2.45, 2.75) is 28.5 Å². The molecule has 0 aliphatic rings. The fourth-order valence-corrected chi connectivity index (χ4v) is 3.66. The van der Waals surface area contributed by atoms with Crippen molar-refractivity contribution in [3.8, 4) is 0 Å². The number of hydrogen-bond donors (Lipinski definition) is 2. The number of aryl methyl sites for hydroxylation is 2. The summed E-state index contributed by atoms with van der Waals surface area (Å²) in [6.45, 7) is 4.13. The summed E-state index contributed by atoms with van der Waals surface area (Å²) in [6, 6.07) is 11.2. The normalized spacial score (nSPS) is 11.6. The van der Waals surface area contributed by atoms with E-state index < -0.39 is 10.0 Å². The average Bonchev–Trinajstić information content (AvgIpc) is 2.43. The average molecular weight is 322 g/mol. The van der Waals surface area contributed by atoms with Gasteiger partial charge in [0.05, 0.1) is 5.69 Å². The third kappa shape index (κ3) is 3.58. The highest BCUT2D eigenvalue weighted by atomic mass is 32.2. The molecule has 6 heteroatoms. The molecule has 0 atom stereocenters. The summed E-state index contributed by atoms with van der Waals surface area (Å²) in [6.07, 6.45) is 0. The third-order valence-electron chi connectivity index (χ3n) is 3.25. The topological polar surface area (TPSA) is 72.2 Å². The number of nitrogen functional groups attached to an aromatic ring is 1. The second-order valence-corrected chi connectivity index (χ2v) is 7.76. The Hall–Kier alpha value is -1.50. The summed E-state index contributed by atoms with van der Waals surface area (Å²) in [5.74, 6) is 0. The molecule has 4 nitrogen and oxygen atoms in total. The molecule has 112 valence electrons. The van der Waals surface area contributed by atoms with Gasteiger partial charge in [-0.2, -0.15) is 0 Å². The van der Waals surface area contributed by atoms with Crippen LogP contribution in [0.1, 0.15) is 11.1 Å². The standard InChI is InChI=1S/C15H18N2O2S2/c1-10-4-5-12(8-11(10)2)20-13-6-7-15(14(16)9-13)21(18,19)17-3/h4-9,17H,16H2,1-3H3. The van der Waals surface area contributed by atoms with Gasteiger partial charge in [0.2, 0.25) is 10.0 Å². The number of nitrogens with one attached hydrogen (secondary N) is 1. The lowest BCUT2D eigenvalue weighted by Gasteiger charge is -2.09. The largest absolute Gasteiger partial charge is 0.398 e. The first-order chi connectivity index (χ1) is 9.83. The van der Waals surface area contributed by atoms with Gasteiger partial charge in [0.1, 0.15) is 4.90 Å². The maximum absolute atomic E-state index is 11.8. The van der Waals surface area contributed by atoms with E-state index in [0.717, 1.165) is 9.79 Å². The van der Waals surface area contributed by atoms with Gasteiger partial charge in [0, 0.05) is 9.79 Å². The Morgan fingerprint density at radius 3 is 2.19 bits per heavy atom. The van der Waals surface area contributed by atoms with Gasteiger partial charge in [-0.05, 0) is 62.4 Å². The smallest absolute Gasteiger partial charge is 0.242 e. The van der Waals surface area contributed by atoms with Crippen LogP contribution in [0.3, 0.4) is 0 Å². The van der Waals surface area contributed by atoms with Crippen molar-refractivity contribution >= 4 is 27.5 Å². The summed E-state index contributed by atoms with van der Waals surface area (Å²) in [5, 5.41) is 0. The fourth-order valence-electron chi connectivity index (χ4n) is 1.86. The van der Waals surface area contributed by atoms with Crippen LogP contribution in [0.15, 0.2) is 51.1 Å². The minimum Gasteiger partial charge on any atom is -0.398 e. The molecule has 0 aliphatic heterocycles. The Labute approximate surface area is 129 Å². The molecule has 0 radical (unpaired) electrons. The first-order valence-electron chi connectivity index (χ1n) is 6.41. The van der Waals surface area contributed by atoms with Gasteiger partial charge in [0.25, 0.3) is 0 Å². The quantitative estimate of drug-likeness (QED) is 0.849. The molecule has 0 amide bonds. The van der Waals surface area contributed by atoms with Crippen molar-refractivity contribution in [2.24, 2.45) is 0 Å². The minimum atomic E-state index is -3.52. The van der Waals surface area contributed by atoms with E-state index in [0.29, 0.717) is 0 Å². The summed E-state index contributed by atoms with van der Waals surface area (Å²) in [7, 11) is -2.15. The van der Waals surface area contributed by atoms with Gasteiger partial charge in [-0.3, -0.25) is 0 Å². The highest BCUT2D eigenvalue weighted by Gasteiger charge is 2.15. The van der Waals surface area contributed by atoms with Gasteiger partial charge < -0.3 is 5.73 Å². The number of anilines is 1. The predicted octanol–water partition coefficient (Wildman–Crippen LogP) is 2.94. The van der Waals surface area contributed by atoms with Crippen LogP contribution in [0.4, 0.5) is 5.69 Å². The maximum atomic E-state index is 11.8. The van der Waals surface area contributed by atoms with E-state index >= 15 is 0 Å². The molecule has 0 heterocycles. The lowest BCUT2D eigenvalue weighted by Crippen LogP contribution is -2.19. The molecular weight excluding hydrogens is 304 g/mol. The van der Waals surface area contributed by atoms with Crippen molar-refractivity contribution in [1.82, 2.24) is 4.72 Å².